The van der Waals surface area contributed by atoms with Gasteiger partial charge < -0.3 is 15.5 Å². The summed E-state index contributed by atoms with van der Waals surface area (Å²) in [6.07, 6.45) is 4.00. The molecule has 1 aliphatic rings. The van der Waals surface area contributed by atoms with Gasteiger partial charge in [0.1, 0.15) is 5.82 Å². The molecule has 1 fully saturated rings. The number of amides is 1. The van der Waals surface area contributed by atoms with Crippen LogP contribution >= 0.6 is 0 Å². The molecule has 0 radical (unpaired) electrons. The molecule has 2 N–H and O–H groups in total. The second-order valence-corrected chi connectivity index (χ2v) is 6.59. The zero-order chi connectivity index (χ0) is 17.6. The molecule has 0 bridgehead atoms. The Morgan fingerprint density at radius 3 is 2.68 bits per heavy atom. The largest absolute Gasteiger partial charge is 0.399 e. The van der Waals surface area contributed by atoms with Crippen LogP contribution in [0.2, 0.25) is 0 Å². The summed E-state index contributed by atoms with van der Waals surface area (Å²) in [7, 11) is 0. The lowest BCUT2D eigenvalue weighted by atomic mass is 9.95. The van der Waals surface area contributed by atoms with Gasteiger partial charge in [0.15, 0.2) is 0 Å². The molecule has 0 atom stereocenters. The van der Waals surface area contributed by atoms with Crippen LogP contribution in [0.3, 0.4) is 0 Å². The molecule has 25 heavy (non-hydrogen) atoms. The topological polar surface area (TPSA) is 62.5 Å². The second-order valence-electron chi connectivity index (χ2n) is 6.59. The summed E-state index contributed by atoms with van der Waals surface area (Å²) in [6, 6.07) is 13.3. The van der Waals surface area contributed by atoms with Crippen molar-refractivity contribution in [3.8, 4) is 0 Å². The molecule has 0 aliphatic carbocycles. The SMILES string of the molecule is CCN(CC1CCN(c2ccccn2)CC1)C(=O)c1cccc(N)c1. The monoisotopic (exact) mass is 338 g/mol. The fourth-order valence-electron chi connectivity index (χ4n) is 3.41. The minimum atomic E-state index is 0.0713. The lowest BCUT2D eigenvalue weighted by Gasteiger charge is -2.35. The van der Waals surface area contributed by atoms with E-state index in [4.69, 9.17) is 5.73 Å². The number of pyridine rings is 1. The first-order valence-electron chi connectivity index (χ1n) is 8.98. The summed E-state index contributed by atoms with van der Waals surface area (Å²) in [5.74, 6) is 1.65. The number of rotatable bonds is 5. The van der Waals surface area contributed by atoms with Gasteiger partial charge in [0.25, 0.3) is 5.91 Å². The Morgan fingerprint density at radius 1 is 1.24 bits per heavy atom. The standard InChI is InChI=1S/C20H26N4O/c1-2-23(20(25)17-6-5-7-18(21)14-17)15-16-9-12-24(13-10-16)19-8-3-4-11-22-19/h3-8,11,14,16H,2,9-10,12-13,15,21H2,1H3. The maximum atomic E-state index is 12.7. The lowest BCUT2D eigenvalue weighted by molar-refractivity contribution is 0.0729. The van der Waals surface area contributed by atoms with Crippen molar-refractivity contribution in [1.82, 2.24) is 9.88 Å². The first-order valence-corrected chi connectivity index (χ1v) is 8.98. The Morgan fingerprint density at radius 2 is 2.04 bits per heavy atom. The third kappa shape index (κ3) is 4.29. The minimum Gasteiger partial charge on any atom is -0.399 e. The molecule has 0 saturated carbocycles. The normalized spacial score (nSPS) is 15.2. The first kappa shape index (κ1) is 17.3. The van der Waals surface area contributed by atoms with Crippen LogP contribution in [0.1, 0.15) is 30.1 Å². The van der Waals surface area contributed by atoms with Gasteiger partial charge in [0, 0.05) is 43.6 Å². The number of hydrogen-bond donors (Lipinski definition) is 1. The second kappa shape index (κ2) is 8.01. The van der Waals surface area contributed by atoms with Crippen molar-refractivity contribution in [2.45, 2.75) is 19.8 Å². The van der Waals surface area contributed by atoms with Gasteiger partial charge in [0.2, 0.25) is 0 Å². The highest BCUT2D eigenvalue weighted by atomic mass is 16.2. The molecular formula is C20H26N4O. The highest BCUT2D eigenvalue weighted by molar-refractivity contribution is 5.95. The predicted octanol–water partition coefficient (Wildman–Crippen LogP) is 3.04. The van der Waals surface area contributed by atoms with Crippen LogP contribution < -0.4 is 10.6 Å². The van der Waals surface area contributed by atoms with Crippen LogP contribution in [0.25, 0.3) is 0 Å². The molecule has 5 heteroatoms. The third-order valence-electron chi connectivity index (χ3n) is 4.87. The molecular weight excluding hydrogens is 312 g/mol. The van der Waals surface area contributed by atoms with E-state index in [1.54, 1.807) is 12.1 Å². The molecule has 2 heterocycles. The molecule has 132 valence electrons. The number of anilines is 2. The van der Waals surface area contributed by atoms with Gasteiger partial charge in [-0.25, -0.2) is 4.98 Å². The summed E-state index contributed by atoms with van der Waals surface area (Å²) in [5, 5.41) is 0. The van der Waals surface area contributed by atoms with E-state index in [0.29, 0.717) is 23.7 Å². The summed E-state index contributed by atoms with van der Waals surface area (Å²) < 4.78 is 0. The summed E-state index contributed by atoms with van der Waals surface area (Å²) >= 11 is 0. The molecule has 1 saturated heterocycles. The number of nitrogens with zero attached hydrogens (tertiary/aromatic N) is 3. The van der Waals surface area contributed by atoms with Crippen LogP contribution in [0.4, 0.5) is 11.5 Å². The molecule has 1 aliphatic heterocycles. The van der Waals surface area contributed by atoms with Crippen LogP contribution in [-0.2, 0) is 0 Å². The lowest BCUT2D eigenvalue weighted by Crippen LogP contribution is -2.41. The van der Waals surface area contributed by atoms with Gasteiger partial charge >= 0.3 is 0 Å². The molecule has 2 aromatic rings. The average molecular weight is 338 g/mol. The van der Waals surface area contributed by atoms with E-state index in [2.05, 4.69) is 16.0 Å². The van der Waals surface area contributed by atoms with Crippen molar-refractivity contribution in [3.63, 3.8) is 0 Å². The number of hydrogen-bond acceptors (Lipinski definition) is 4. The number of nitrogens with two attached hydrogens (primary N) is 1. The molecule has 5 nitrogen and oxygen atoms in total. The molecule has 0 unspecified atom stereocenters. The average Bonchev–Trinajstić information content (AvgIpc) is 2.67. The maximum Gasteiger partial charge on any atom is 0.253 e. The van der Waals surface area contributed by atoms with Crippen LogP contribution in [0, 0.1) is 5.92 Å². The van der Waals surface area contributed by atoms with Crippen molar-refractivity contribution >= 4 is 17.4 Å². The minimum absolute atomic E-state index is 0.0713. The van der Waals surface area contributed by atoms with Crippen molar-refractivity contribution in [3.05, 3.63) is 54.2 Å². The Balaban J connectivity index is 1.57. The molecule has 3 rings (SSSR count). The Labute approximate surface area is 149 Å². The van der Waals surface area contributed by atoms with E-state index in [1.165, 1.54) is 0 Å². The van der Waals surface area contributed by atoms with Gasteiger partial charge in [-0.05, 0) is 56.0 Å². The van der Waals surface area contributed by atoms with E-state index in [9.17, 15) is 4.79 Å². The van der Waals surface area contributed by atoms with E-state index >= 15 is 0 Å². The fourth-order valence-corrected chi connectivity index (χ4v) is 3.41. The highest BCUT2D eigenvalue weighted by Crippen LogP contribution is 2.23. The fraction of sp³-hybridized carbons (Fsp3) is 0.400. The van der Waals surface area contributed by atoms with E-state index in [0.717, 1.165) is 38.3 Å². The summed E-state index contributed by atoms with van der Waals surface area (Å²) in [5.41, 5.74) is 7.11. The number of aromatic nitrogens is 1. The molecule has 1 aromatic heterocycles. The first-order chi connectivity index (χ1) is 12.2. The molecule has 0 spiro atoms. The smallest absolute Gasteiger partial charge is 0.253 e. The zero-order valence-electron chi connectivity index (χ0n) is 14.8. The number of benzene rings is 1. The number of carbonyl (C=O) groups is 1. The quantitative estimate of drug-likeness (QED) is 0.851. The maximum absolute atomic E-state index is 12.7. The van der Waals surface area contributed by atoms with Crippen LogP contribution in [0.15, 0.2) is 48.7 Å². The zero-order valence-corrected chi connectivity index (χ0v) is 14.8. The van der Waals surface area contributed by atoms with Crippen molar-refractivity contribution < 1.29 is 4.79 Å². The Kier molecular flexibility index (Phi) is 5.53. The summed E-state index contributed by atoms with van der Waals surface area (Å²) in [4.78, 5) is 21.4. The van der Waals surface area contributed by atoms with Crippen LogP contribution in [-0.4, -0.2) is 42.0 Å². The van der Waals surface area contributed by atoms with Gasteiger partial charge in [-0.2, -0.15) is 0 Å². The van der Waals surface area contributed by atoms with E-state index in [1.807, 2.05) is 42.3 Å². The number of piperidine rings is 1. The molecule has 1 aromatic carbocycles. The Bertz CT molecular complexity index is 696. The van der Waals surface area contributed by atoms with Crippen molar-refractivity contribution in [2.24, 2.45) is 5.92 Å². The van der Waals surface area contributed by atoms with Crippen LogP contribution in [0.5, 0.6) is 0 Å². The van der Waals surface area contributed by atoms with E-state index < -0.39 is 0 Å². The predicted molar refractivity (Wildman–Crippen MR) is 102 cm³/mol. The van der Waals surface area contributed by atoms with Gasteiger partial charge in [-0.1, -0.05) is 12.1 Å². The van der Waals surface area contributed by atoms with Crippen molar-refractivity contribution in [1.29, 1.82) is 0 Å². The molecule has 1 amide bonds. The van der Waals surface area contributed by atoms with Gasteiger partial charge in [0.05, 0.1) is 0 Å². The van der Waals surface area contributed by atoms with Crippen molar-refractivity contribution in [2.75, 3.05) is 36.8 Å². The highest BCUT2D eigenvalue weighted by Gasteiger charge is 2.24. The number of carbonyl (C=O) groups excluding carboxylic acids is 1. The van der Waals surface area contributed by atoms with Gasteiger partial charge in [-0.15, -0.1) is 0 Å². The van der Waals surface area contributed by atoms with E-state index in [-0.39, 0.29) is 5.91 Å². The Hall–Kier alpha value is -2.56. The van der Waals surface area contributed by atoms with Gasteiger partial charge in [-0.3, -0.25) is 4.79 Å². The number of nitrogen functional groups attached to an aromatic ring is 1. The summed E-state index contributed by atoms with van der Waals surface area (Å²) in [6.45, 7) is 5.54. The third-order valence-corrected chi connectivity index (χ3v) is 4.87.